The number of carbonyl (C=O) groups excluding carboxylic acids is 3. The summed E-state index contributed by atoms with van der Waals surface area (Å²) < 4.78 is 0.782. The Balaban J connectivity index is 1.91. The summed E-state index contributed by atoms with van der Waals surface area (Å²) in [4.78, 5) is 39.6. The molecule has 1 heterocycles. The molecule has 1 unspecified atom stereocenters. The van der Waals surface area contributed by atoms with Gasteiger partial charge in [-0.3, -0.25) is 19.3 Å². The second-order valence-corrected chi connectivity index (χ2v) is 8.11. The van der Waals surface area contributed by atoms with Crippen LogP contribution in [-0.4, -0.2) is 28.7 Å². The lowest BCUT2D eigenvalue weighted by atomic mass is 10.0. The summed E-state index contributed by atoms with van der Waals surface area (Å²) in [5.74, 6) is -1.23. The van der Waals surface area contributed by atoms with Crippen LogP contribution >= 0.6 is 27.5 Å². The molecule has 1 aliphatic rings. The summed E-state index contributed by atoms with van der Waals surface area (Å²) in [6, 6.07) is 10.8. The molecule has 0 saturated heterocycles. The van der Waals surface area contributed by atoms with E-state index in [9.17, 15) is 14.4 Å². The third kappa shape index (κ3) is 3.92. The quantitative estimate of drug-likeness (QED) is 0.670. The molecule has 0 aliphatic carbocycles. The van der Waals surface area contributed by atoms with Crippen LogP contribution in [0.25, 0.3) is 0 Å². The molecule has 1 aliphatic heterocycles. The average molecular weight is 450 g/mol. The number of hydrogen-bond donors (Lipinski definition) is 1. The molecule has 5 nitrogen and oxygen atoms in total. The van der Waals surface area contributed by atoms with Gasteiger partial charge in [0, 0.05) is 4.47 Å². The molecule has 1 atom stereocenters. The van der Waals surface area contributed by atoms with E-state index in [1.54, 1.807) is 42.5 Å². The lowest BCUT2D eigenvalue weighted by Crippen LogP contribution is -2.48. The molecule has 0 bridgehead atoms. The second kappa shape index (κ2) is 7.82. The summed E-state index contributed by atoms with van der Waals surface area (Å²) in [5, 5.41) is 3.11. The zero-order chi connectivity index (χ0) is 19.7. The number of nitrogens with one attached hydrogen (secondary N) is 1. The molecule has 140 valence electrons. The number of imide groups is 1. The van der Waals surface area contributed by atoms with Crippen LogP contribution in [0.3, 0.4) is 0 Å². The number of amides is 3. The van der Waals surface area contributed by atoms with Gasteiger partial charge in [-0.05, 0) is 42.7 Å². The highest BCUT2D eigenvalue weighted by Gasteiger charge is 2.42. The molecule has 1 N–H and O–H groups in total. The van der Waals surface area contributed by atoms with Crippen LogP contribution < -0.4 is 5.32 Å². The van der Waals surface area contributed by atoms with E-state index in [1.807, 2.05) is 13.8 Å². The zero-order valence-corrected chi connectivity index (χ0v) is 17.2. The van der Waals surface area contributed by atoms with Gasteiger partial charge in [0.25, 0.3) is 11.8 Å². The van der Waals surface area contributed by atoms with Gasteiger partial charge in [0.05, 0.1) is 21.8 Å². The van der Waals surface area contributed by atoms with Crippen LogP contribution in [0.15, 0.2) is 46.9 Å². The summed E-state index contributed by atoms with van der Waals surface area (Å²) in [6.07, 6.45) is 0.353. The molecule has 2 aromatic carbocycles. The van der Waals surface area contributed by atoms with Crippen LogP contribution in [0.4, 0.5) is 5.69 Å². The fraction of sp³-hybridized carbons (Fsp3) is 0.250. The molecule has 2 aromatic rings. The molecule has 3 amide bonds. The maximum Gasteiger partial charge on any atom is 0.262 e. The first-order valence-corrected chi connectivity index (χ1v) is 9.69. The van der Waals surface area contributed by atoms with Crippen molar-refractivity contribution in [2.75, 3.05) is 5.32 Å². The molecule has 7 heteroatoms. The largest absolute Gasteiger partial charge is 0.323 e. The van der Waals surface area contributed by atoms with Crippen molar-refractivity contribution in [2.24, 2.45) is 5.92 Å². The van der Waals surface area contributed by atoms with Gasteiger partial charge in [-0.1, -0.05) is 53.5 Å². The predicted molar refractivity (Wildman–Crippen MR) is 108 cm³/mol. The monoisotopic (exact) mass is 448 g/mol. The van der Waals surface area contributed by atoms with Gasteiger partial charge in [0.15, 0.2) is 0 Å². The fourth-order valence-corrected chi connectivity index (χ4v) is 3.79. The first-order valence-electron chi connectivity index (χ1n) is 8.52. The molecule has 27 heavy (non-hydrogen) atoms. The minimum absolute atomic E-state index is 0.102. The number of rotatable bonds is 5. The highest BCUT2D eigenvalue weighted by Crippen LogP contribution is 2.29. The number of nitrogens with zero attached hydrogens (tertiary/aromatic N) is 1. The topological polar surface area (TPSA) is 66.5 Å². The van der Waals surface area contributed by atoms with Gasteiger partial charge < -0.3 is 5.32 Å². The number of anilines is 1. The third-order valence-electron chi connectivity index (χ3n) is 4.32. The average Bonchev–Trinajstić information content (AvgIpc) is 2.86. The van der Waals surface area contributed by atoms with E-state index in [4.69, 9.17) is 11.6 Å². The highest BCUT2D eigenvalue weighted by atomic mass is 79.9. The van der Waals surface area contributed by atoms with Crippen molar-refractivity contribution in [1.29, 1.82) is 0 Å². The first kappa shape index (κ1) is 19.6. The number of halogens is 2. The van der Waals surface area contributed by atoms with Crippen molar-refractivity contribution < 1.29 is 14.4 Å². The van der Waals surface area contributed by atoms with Gasteiger partial charge in [0.1, 0.15) is 6.04 Å². The molecular formula is C20H18BrClN2O3. The van der Waals surface area contributed by atoms with Crippen molar-refractivity contribution in [3.63, 3.8) is 0 Å². The Morgan fingerprint density at radius 2 is 1.70 bits per heavy atom. The Morgan fingerprint density at radius 3 is 2.22 bits per heavy atom. The normalized spacial score (nSPS) is 14.5. The minimum atomic E-state index is -0.919. The van der Waals surface area contributed by atoms with Crippen LogP contribution in [0.2, 0.25) is 5.02 Å². The van der Waals surface area contributed by atoms with Crippen LogP contribution in [0, 0.1) is 5.92 Å². The Kier molecular flexibility index (Phi) is 5.67. The van der Waals surface area contributed by atoms with E-state index < -0.39 is 23.8 Å². The standard InChI is InChI=1S/C20H18BrClN2O3/c1-11(2)9-17(18(25)23-16-8-7-12(21)10-15(16)22)24-19(26)13-5-3-4-6-14(13)20(24)27/h3-8,10-11,17H,9H2,1-2H3,(H,23,25). The summed E-state index contributed by atoms with van der Waals surface area (Å²) >= 11 is 9.50. The van der Waals surface area contributed by atoms with Crippen molar-refractivity contribution in [3.05, 3.63) is 63.1 Å². The third-order valence-corrected chi connectivity index (χ3v) is 5.13. The van der Waals surface area contributed by atoms with E-state index in [-0.39, 0.29) is 5.92 Å². The molecule has 0 spiro atoms. The van der Waals surface area contributed by atoms with Gasteiger partial charge in [-0.2, -0.15) is 0 Å². The minimum Gasteiger partial charge on any atom is -0.323 e. The Labute approximate surface area is 170 Å². The van der Waals surface area contributed by atoms with E-state index in [1.165, 1.54) is 0 Å². The Morgan fingerprint density at radius 1 is 1.11 bits per heavy atom. The van der Waals surface area contributed by atoms with E-state index in [0.717, 1.165) is 9.37 Å². The smallest absolute Gasteiger partial charge is 0.262 e. The van der Waals surface area contributed by atoms with E-state index in [0.29, 0.717) is 28.3 Å². The maximum absolute atomic E-state index is 13.0. The lowest BCUT2D eigenvalue weighted by molar-refractivity contribution is -0.120. The van der Waals surface area contributed by atoms with Crippen molar-refractivity contribution in [3.8, 4) is 0 Å². The lowest BCUT2D eigenvalue weighted by Gasteiger charge is -2.27. The summed E-state index contributed by atoms with van der Waals surface area (Å²) in [7, 11) is 0. The number of fused-ring (bicyclic) bond motifs is 1. The number of carbonyl (C=O) groups is 3. The molecule has 0 radical (unpaired) electrons. The van der Waals surface area contributed by atoms with Crippen molar-refractivity contribution in [2.45, 2.75) is 26.3 Å². The van der Waals surface area contributed by atoms with Crippen molar-refractivity contribution >= 4 is 50.9 Å². The zero-order valence-electron chi connectivity index (χ0n) is 14.8. The number of hydrogen-bond acceptors (Lipinski definition) is 3. The van der Waals surface area contributed by atoms with Gasteiger partial charge in [0.2, 0.25) is 5.91 Å². The Hall–Kier alpha value is -2.18. The highest BCUT2D eigenvalue weighted by molar-refractivity contribution is 9.10. The predicted octanol–water partition coefficient (Wildman–Crippen LogP) is 4.75. The Bertz CT molecular complexity index is 894. The second-order valence-electron chi connectivity index (χ2n) is 6.78. The molecule has 0 fully saturated rings. The molecule has 0 aromatic heterocycles. The SMILES string of the molecule is CC(C)CC(C(=O)Nc1ccc(Br)cc1Cl)N1C(=O)c2ccccc2C1=O. The van der Waals surface area contributed by atoms with E-state index in [2.05, 4.69) is 21.2 Å². The van der Waals surface area contributed by atoms with Crippen LogP contribution in [0.5, 0.6) is 0 Å². The fourth-order valence-electron chi connectivity index (χ4n) is 3.07. The van der Waals surface area contributed by atoms with Crippen LogP contribution in [0.1, 0.15) is 41.0 Å². The number of benzene rings is 2. The van der Waals surface area contributed by atoms with Gasteiger partial charge in [-0.15, -0.1) is 0 Å². The summed E-state index contributed by atoms with van der Waals surface area (Å²) in [6.45, 7) is 3.87. The maximum atomic E-state index is 13.0. The summed E-state index contributed by atoms with van der Waals surface area (Å²) in [5.41, 5.74) is 1.08. The molecule has 0 saturated carbocycles. The van der Waals surface area contributed by atoms with E-state index >= 15 is 0 Å². The molecule has 3 rings (SSSR count). The van der Waals surface area contributed by atoms with Crippen LogP contribution in [-0.2, 0) is 4.79 Å². The first-order chi connectivity index (χ1) is 12.8. The van der Waals surface area contributed by atoms with Gasteiger partial charge in [-0.25, -0.2) is 0 Å². The molecular weight excluding hydrogens is 432 g/mol. The van der Waals surface area contributed by atoms with Gasteiger partial charge >= 0.3 is 0 Å². The van der Waals surface area contributed by atoms with Crippen molar-refractivity contribution in [1.82, 2.24) is 4.90 Å².